The molecule has 1 amide bonds. The summed E-state index contributed by atoms with van der Waals surface area (Å²) in [5, 5.41) is 0. The standard InChI is InChI=1S/C15H26N2OS/c1-2-12-6-10-17(11-7-12)14(18)15(13(16)19)8-4-3-5-9-15/h12H,2-11H2,1H3,(H2,16,19). The quantitative estimate of drug-likeness (QED) is 0.810. The van der Waals surface area contributed by atoms with Gasteiger partial charge in [0, 0.05) is 13.1 Å². The Bertz CT molecular complexity index is 342. The van der Waals surface area contributed by atoms with Crippen LogP contribution in [-0.2, 0) is 4.79 Å². The van der Waals surface area contributed by atoms with E-state index in [0.717, 1.165) is 57.5 Å². The highest BCUT2D eigenvalue weighted by molar-refractivity contribution is 7.80. The predicted molar refractivity (Wildman–Crippen MR) is 81.9 cm³/mol. The zero-order valence-corrected chi connectivity index (χ0v) is 12.8. The van der Waals surface area contributed by atoms with E-state index < -0.39 is 5.41 Å². The Hall–Kier alpha value is -0.640. The van der Waals surface area contributed by atoms with Crippen LogP contribution in [0.15, 0.2) is 0 Å². The van der Waals surface area contributed by atoms with Crippen LogP contribution in [0.4, 0.5) is 0 Å². The van der Waals surface area contributed by atoms with Crippen LogP contribution in [0.2, 0.25) is 0 Å². The van der Waals surface area contributed by atoms with Gasteiger partial charge in [0.25, 0.3) is 0 Å². The summed E-state index contributed by atoms with van der Waals surface area (Å²) in [6, 6.07) is 0. The Morgan fingerprint density at radius 2 is 1.84 bits per heavy atom. The molecule has 108 valence electrons. The summed E-state index contributed by atoms with van der Waals surface area (Å²) >= 11 is 5.25. The minimum atomic E-state index is -0.521. The van der Waals surface area contributed by atoms with Gasteiger partial charge < -0.3 is 10.6 Å². The van der Waals surface area contributed by atoms with Crippen LogP contribution in [-0.4, -0.2) is 28.9 Å². The Balaban J connectivity index is 2.06. The average molecular weight is 282 g/mol. The smallest absolute Gasteiger partial charge is 0.235 e. The molecule has 1 aliphatic heterocycles. The number of nitrogens with zero attached hydrogens (tertiary/aromatic N) is 1. The van der Waals surface area contributed by atoms with Crippen molar-refractivity contribution in [2.75, 3.05) is 13.1 Å². The van der Waals surface area contributed by atoms with Gasteiger partial charge in [-0.15, -0.1) is 0 Å². The van der Waals surface area contributed by atoms with Crippen LogP contribution in [0.1, 0.15) is 58.3 Å². The molecule has 0 bridgehead atoms. The fourth-order valence-corrected chi connectivity index (χ4v) is 3.86. The molecule has 1 heterocycles. The summed E-state index contributed by atoms with van der Waals surface area (Å²) in [4.78, 5) is 15.3. The summed E-state index contributed by atoms with van der Waals surface area (Å²) in [6.07, 6.45) is 8.57. The van der Waals surface area contributed by atoms with Crippen molar-refractivity contribution < 1.29 is 4.79 Å². The molecule has 2 aliphatic rings. The van der Waals surface area contributed by atoms with E-state index in [1.165, 1.54) is 12.8 Å². The normalized spacial score (nSPS) is 24.2. The van der Waals surface area contributed by atoms with Crippen molar-refractivity contribution in [3.63, 3.8) is 0 Å². The van der Waals surface area contributed by atoms with Crippen LogP contribution in [0.5, 0.6) is 0 Å². The molecule has 2 N–H and O–H groups in total. The number of amides is 1. The first kappa shape index (κ1) is 14.8. The zero-order chi connectivity index (χ0) is 13.9. The van der Waals surface area contributed by atoms with E-state index in [-0.39, 0.29) is 5.91 Å². The molecule has 0 spiro atoms. The van der Waals surface area contributed by atoms with Crippen LogP contribution >= 0.6 is 12.2 Å². The molecule has 0 aromatic heterocycles. The highest BCUT2D eigenvalue weighted by atomic mass is 32.1. The van der Waals surface area contributed by atoms with Gasteiger partial charge in [-0.05, 0) is 31.6 Å². The van der Waals surface area contributed by atoms with Crippen LogP contribution in [0.3, 0.4) is 0 Å². The van der Waals surface area contributed by atoms with Crippen molar-refractivity contribution in [2.45, 2.75) is 58.3 Å². The lowest BCUT2D eigenvalue weighted by Crippen LogP contribution is -2.53. The lowest BCUT2D eigenvalue weighted by Gasteiger charge is -2.41. The molecule has 4 heteroatoms. The summed E-state index contributed by atoms with van der Waals surface area (Å²) in [5.41, 5.74) is 5.43. The summed E-state index contributed by atoms with van der Waals surface area (Å²) in [5.74, 6) is 1.01. The van der Waals surface area contributed by atoms with Gasteiger partial charge >= 0.3 is 0 Å². The SMILES string of the molecule is CCC1CCN(C(=O)C2(C(N)=S)CCCCC2)CC1. The molecule has 0 atom stereocenters. The van der Waals surface area contributed by atoms with Gasteiger partial charge in [-0.2, -0.15) is 0 Å². The van der Waals surface area contributed by atoms with E-state index in [1.54, 1.807) is 0 Å². The number of rotatable bonds is 3. The molecule has 0 unspecified atom stereocenters. The third-order valence-electron chi connectivity index (χ3n) is 5.07. The third-order valence-corrected chi connectivity index (χ3v) is 5.46. The number of thiocarbonyl (C=S) groups is 1. The summed E-state index contributed by atoms with van der Waals surface area (Å²) in [6.45, 7) is 4.02. The summed E-state index contributed by atoms with van der Waals surface area (Å²) < 4.78 is 0. The second kappa shape index (κ2) is 6.21. The zero-order valence-electron chi connectivity index (χ0n) is 12.0. The Morgan fingerprint density at radius 1 is 1.26 bits per heavy atom. The Morgan fingerprint density at radius 3 is 2.32 bits per heavy atom. The molecule has 0 aromatic carbocycles. The first-order valence-electron chi connectivity index (χ1n) is 7.69. The number of hydrogen-bond donors (Lipinski definition) is 1. The van der Waals surface area contributed by atoms with Crippen LogP contribution in [0, 0.1) is 11.3 Å². The molecule has 3 nitrogen and oxygen atoms in total. The maximum atomic E-state index is 12.9. The van der Waals surface area contributed by atoms with Gasteiger partial charge in [0.05, 0.1) is 10.4 Å². The Labute approximate surface area is 121 Å². The second-order valence-electron chi connectivity index (χ2n) is 6.15. The number of piperidine rings is 1. The van der Waals surface area contributed by atoms with E-state index in [2.05, 4.69) is 6.92 Å². The van der Waals surface area contributed by atoms with Crippen molar-refractivity contribution in [1.82, 2.24) is 4.90 Å². The largest absolute Gasteiger partial charge is 0.392 e. The number of carbonyl (C=O) groups excluding carboxylic acids is 1. The minimum absolute atomic E-state index is 0.217. The minimum Gasteiger partial charge on any atom is -0.392 e. The predicted octanol–water partition coefficient (Wildman–Crippen LogP) is 2.87. The first-order chi connectivity index (χ1) is 9.10. The van der Waals surface area contributed by atoms with Gasteiger partial charge in [-0.3, -0.25) is 4.79 Å². The Kier molecular flexibility index (Phi) is 4.82. The van der Waals surface area contributed by atoms with Gasteiger partial charge in [0.2, 0.25) is 5.91 Å². The second-order valence-corrected chi connectivity index (χ2v) is 6.59. The molecule has 1 saturated carbocycles. The van der Waals surface area contributed by atoms with Crippen molar-refractivity contribution in [1.29, 1.82) is 0 Å². The van der Waals surface area contributed by atoms with Crippen molar-refractivity contribution in [3.8, 4) is 0 Å². The van der Waals surface area contributed by atoms with Gasteiger partial charge in [-0.25, -0.2) is 0 Å². The van der Waals surface area contributed by atoms with E-state index in [0.29, 0.717) is 4.99 Å². The van der Waals surface area contributed by atoms with Gasteiger partial charge in [0.1, 0.15) is 0 Å². The van der Waals surface area contributed by atoms with E-state index >= 15 is 0 Å². The number of likely N-dealkylation sites (tertiary alicyclic amines) is 1. The fourth-order valence-electron chi connectivity index (χ4n) is 3.57. The van der Waals surface area contributed by atoms with Crippen molar-refractivity contribution >= 4 is 23.1 Å². The number of hydrogen-bond acceptors (Lipinski definition) is 2. The maximum Gasteiger partial charge on any atom is 0.235 e. The van der Waals surface area contributed by atoms with E-state index in [4.69, 9.17) is 18.0 Å². The molecular formula is C15H26N2OS. The topological polar surface area (TPSA) is 46.3 Å². The number of nitrogens with two attached hydrogens (primary N) is 1. The first-order valence-corrected chi connectivity index (χ1v) is 8.10. The third kappa shape index (κ3) is 2.93. The molecule has 1 saturated heterocycles. The fraction of sp³-hybridized carbons (Fsp3) is 0.867. The highest BCUT2D eigenvalue weighted by Gasteiger charge is 2.45. The molecular weight excluding hydrogens is 256 g/mol. The van der Waals surface area contributed by atoms with Crippen LogP contribution < -0.4 is 5.73 Å². The molecule has 0 aromatic rings. The lowest BCUT2D eigenvalue weighted by atomic mass is 9.72. The summed E-state index contributed by atoms with van der Waals surface area (Å²) in [7, 11) is 0. The van der Waals surface area contributed by atoms with Crippen molar-refractivity contribution in [3.05, 3.63) is 0 Å². The maximum absolute atomic E-state index is 12.9. The van der Waals surface area contributed by atoms with E-state index in [1.807, 2.05) is 4.90 Å². The molecule has 19 heavy (non-hydrogen) atoms. The molecule has 2 rings (SSSR count). The lowest BCUT2D eigenvalue weighted by molar-refractivity contribution is -0.141. The molecule has 0 radical (unpaired) electrons. The highest BCUT2D eigenvalue weighted by Crippen LogP contribution is 2.39. The van der Waals surface area contributed by atoms with Crippen LogP contribution in [0.25, 0.3) is 0 Å². The average Bonchev–Trinajstić information content (AvgIpc) is 2.47. The monoisotopic (exact) mass is 282 g/mol. The number of carbonyl (C=O) groups is 1. The molecule has 2 fully saturated rings. The van der Waals surface area contributed by atoms with Crippen molar-refractivity contribution in [2.24, 2.45) is 17.1 Å². The molecule has 1 aliphatic carbocycles. The van der Waals surface area contributed by atoms with E-state index in [9.17, 15) is 4.79 Å². The van der Waals surface area contributed by atoms with Gasteiger partial charge in [0.15, 0.2) is 0 Å². The van der Waals surface area contributed by atoms with Gasteiger partial charge in [-0.1, -0.05) is 44.8 Å².